The smallest absolute Gasteiger partial charge is 0.106 e. The van der Waals surface area contributed by atoms with Gasteiger partial charge in [-0.1, -0.05) is 36.4 Å². The minimum atomic E-state index is 1.21. The number of hydrogen-bond donors (Lipinski definition) is 1. The first-order valence-corrected chi connectivity index (χ1v) is 4.69. The highest BCUT2D eigenvalue weighted by Crippen LogP contribution is 2.24. The van der Waals surface area contributed by atoms with E-state index in [0.29, 0.717) is 0 Å². The van der Waals surface area contributed by atoms with E-state index in [2.05, 4.69) is 53.5 Å². The van der Waals surface area contributed by atoms with Gasteiger partial charge in [-0.2, -0.15) is 0 Å². The van der Waals surface area contributed by atoms with E-state index in [0.717, 1.165) is 0 Å². The summed E-state index contributed by atoms with van der Waals surface area (Å²) in [6.07, 6.45) is 0. The molecule has 0 aliphatic rings. The van der Waals surface area contributed by atoms with Crippen LogP contribution in [0.15, 0.2) is 48.5 Å². The highest BCUT2D eigenvalue weighted by atomic mass is 16.1. The van der Waals surface area contributed by atoms with Crippen LogP contribution in [0.5, 0.6) is 0 Å². The van der Waals surface area contributed by atoms with E-state index in [1.54, 1.807) is 0 Å². The fourth-order valence-corrected chi connectivity index (χ4v) is 1.80. The second-order valence-corrected chi connectivity index (χ2v) is 3.22. The number of carbonyl (C=O) groups excluding carboxylic acids is 1. The molecule has 0 amide bonds. The fraction of sp³-hybridized carbons (Fsp3) is 0. The zero-order valence-electron chi connectivity index (χ0n) is 8.23. The summed E-state index contributed by atoms with van der Waals surface area (Å²) in [4.78, 5) is 11.4. The molecule has 1 N–H and O–H groups in total. The second-order valence-electron chi connectivity index (χ2n) is 3.22. The number of hydrogen-bond acceptors (Lipinski definition) is 1. The van der Waals surface area contributed by atoms with Gasteiger partial charge < -0.3 is 9.78 Å². The van der Waals surface area contributed by atoms with Crippen LogP contribution in [0, 0.1) is 0 Å². The minimum Gasteiger partial charge on any atom is -0.355 e. The molecule has 3 aromatic rings. The molecule has 74 valence electrons. The van der Waals surface area contributed by atoms with E-state index in [-0.39, 0.29) is 0 Å². The Labute approximate surface area is 87.5 Å². The van der Waals surface area contributed by atoms with Crippen molar-refractivity contribution >= 4 is 28.6 Å². The maximum atomic E-state index is 8.00. The van der Waals surface area contributed by atoms with Crippen molar-refractivity contribution in [1.82, 2.24) is 4.98 Å². The van der Waals surface area contributed by atoms with Crippen LogP contribution in [0.1, 0.15) is 0 Å². The number of benzene rings is 2. The van der Waals surface area contributed by atoms with E-state index in [1.165, 1.54) is 21.8 Å². The third kappa shape index (κ3) is 1.50. The molecule has 0 saturated heterocycles. The maximum Gasteiger partial charge on any atom is 0.106 e. The Bertz CT molecular complexity index is 533. The summed E-state index contributed by atoms with van der Waals surface area (Å²) in [7, 11) is 0. The molecule has 0 fully saturated rings. The van der Waals surface area contributed by atoms with Gasteiger partial charge >= 0.3 is 0 Å². The lowest BCUT2D eigenvalue weighted by molar-refractivity contribution is -0.0979. The predicted octanol–water partition coefficient (Wildman–Crippen LogP) is 3.14. The van der Waals surface area contributed by atoms with Crippen LogP contribution < -0.4 is 0 Å². The zero-order chi connectivity index (χ0) is 10.7. The fourth-order valence-electron chi connectivity index (χ4n) is 1.80. The van der Waals surface area contributed by atoms with Crippen molar-refractivity contribution in [2.24, 2.45) is 0 Å². The largest absolute Gasteiger partial charge is 0.355 e. The Kier molecular flexibility index (Phi) is 2.50. The van der Waals surface area contributed by atoms with Crippen LogP contribution in [0.2, 0.25) is 0 Å². The minimum absolute atomic E-state index is 1.21. The summed E-state index contributed by atoms with van der Waals surface area (Å²) in [6, 6.07) is 16.8. The number of H-pyrrole nitrogens is 1. The molecule has 1 aromatic heterocycles. The van der Waals surface area contributed by atoms with Crippen LogP contribution in [-0.2, 0) is 4.79 Å². The Morgan fingerprint density at radius 1 is 0.733 bits per heavy atom. The number of aromatic amines is 1. The lowest BCUT2D eigenvalue weighted by Gasteiger charge is -1.87. The van der Waals surface area contributed by atoms with Gasteiger partial charge in [-0.15, -0.1) is 0 Å². The average molecular weight is 197 g/mol. The zero-order valence-corrected chi connectivity index (χ0v) is 8.23. The van der Waals surface area contributed by atoms with Gasteiger partial charge in [0.2, 0.25) is 0 Å². The molecular formula is C13H11NO. The topological polar surface area (TPSA) is 32.9 Å². The third-order valence-electron chi connectivity index (χ3n) is 2.41. The summed E-state index contributed by atoms with van der Waals surface area (Å²) in [6.45, 7) is 2.00. The standard InChI is InChI=1S/C12H9N.CH2O/c1-3-7-11-9(5-1)10-6-2-4-8-12(10)13-11;1-2/h1-8,13H;1H2. The first-order chi connectivity index (χ1) is 7.45. The molecule has 0 aliphatic heterocycles. The first-order valence-electron chi connectivity index (χ1n) is 4.69. The second kappa shape index (κ2) is 3.96. The summed E-state index contributed by atoms with van der Waals surface area (Å²) >= 11 is 0. The number of aromatic nitrogens is 1. The Hall–Kier alpha value is -2.09. The number of carbonyl (C=O) groups is 1. The molecule has 2 heteroatoms. The highest BCUT2D eigenvalue weighted by molar-refractivity contribution is 6.06. The van der Waals surface area contributed by atoms with Crippen LogP contribution in [-0.4, -0.2) is 11.8 Å². The van der Waals surface area contributed by atoms with Crippen LogP contribution in [0.25, 0.3) is 21.8 Å². The molecule has 3 rings (SSSR count). The van der Waals surface area contributed by atoms with Crippen LogP contribution in [0.3, 0.4) is 0 Å². The Balaban J connectivity index is 0.000000404. The summed E-state index contributed by atoms with van der Waals surface area (Å²) in [5.74, 6) is 0. The number of para-hydroxylation sites is 2. The van der Waals surface area contributed by atoms with Gasteiger partial charge in [0.25, 0.3) is 0 Å². The van der Waals surface area contributed by atoms with Gasteiger partial charge in [-0.25, -0.2) is 0 Å². The quantitative estimate of drug-likeness (QED) is 0.590. The lowest BCUT2D eigenvalue weighted by atomic mass is 10.2. The van der Waals surface area contributed by atoms with E-state index in [4.69, 9.17) is 4.79 Å². The Morgan fingerprint density at radius 2 is 1.13 bits per heavy atom. The van der Waals surface area contributed by atoms with E-state index in [9.17, 15) is 0 Å². The number of fused-ring (bicyclic) bond motifs is 3. The first kappa shape index (κ1) is 9.46. The Morgan fingerprint density at radius 3 is 1.60 bits per heavy atom. The molecule has 0 bridgehead atoms. The SMILES string of the molecule is C=O.c1ccc2c(c1)[nH]c1ccccc12. The number of nitrogens with one attached hydrogen (secondary N) is 1. The molecule has 0 spiro atoms. The van der Waals surface area contributed by atoms with Crippen molar-refractivity contribution in [3.8, 4) is 0 Å². The average Bonchev–Trinajstić information content (AvgIpc) is 2.70. The molecule has 0 aliphatic carbocycles. The van der Waals surface area contributed by atoms with Crippen LogP contribution in [0.4, 0.5) is 0 Å². The third-order valence-corrected chi connectivity index (χ3v) is 2.41. The summed E-state index contributed by atoms with van der Waals surface area (Å²) < 4.78 is 0. The summed E-state index contributed by atoms with van der Waals surface area (Å²) in [5.41, 5.74) is 2.42. The molecule has 0 saturated carbocycles. The van der Waals surface area contributed by atoms with Crippen molar-refractivity contribution in [3.05, 3.63) is 48.5 Å². The normalized spacial score (nSPS) is 9.87. The summed E-state index contributed by atoms with van der Waals surface area (Å²) in [5, 5.41) is 2.61. The molecule has 0 atom stereocenters. The lowest BCUT2D eigenvalue weighted by Crippen LogP contribution is -1.62. The van der Waals surface area contributed by atoms with Gasteiger partial charge in [-0.05, 0) is 12.1 Å². The molecule has 0 radical (unpaired) electrons. The molecule has 1 heterocycles. The highest BCUT2D eigenvalue weighted by Gasteiger charge is 2.00. The number of rotatable bonds is 0. The molecule has 2 nitrogen and oxygen atoms in total. The van der Waals surface area contributed by atoms with Gasteiger partial charge in [0, 0.05) is 21.8 Å². The molecule has 15 heavy (non-hydrogen) atoms. The maximum absolute atomic E-state index is 8.00. The molecular weight excluding hydrogens is 186 g/mol. The monoisotopic (exact) mass is 197 g/mol. The van der Waals surface area contributed by atoms with Crippen molar-refractivity contribution in [3.63, 3.8) is 0 Å². The molecule has 2 aromatic carbocycles. The van der Waals surface area contributed by atoms with E-state index in [1.807, 2.05) is 6.79 Å². The van der Waals surface area contributed by atoms with Gasteiger partial charge in [0.1, 0.15) is 6.79 Å². The van der Waals surface area contributed by atoms with Crippen molar-refractivity contribution in [2.75, 3.05) is 0 Å². The predicted molar refractivity (Wildman–Crippen MR) is 62.9 cm³/mol. The van der Waals surface area contributed by atoms with Gasteiger partial charge in [0.15, 0.2) is 0 Å². The van der Waals surface area contributed by atoms with Gasteiger partial charge in [-0.3, -0.25) is 0 Å². The van der Waals surface area contributed by atoms with Crippen molar-refractivity contribution < 1.29 is 4.79 Å². The van der Waals surface area contributed by atoms with Crippen LogP contribution >= 0.6 is 0 Å². The molecule has 0 unspecified atom stereocenters. The van der Waals surface area contributed by atoms with E-state index < -0.39 is 0 Å². The van der Waals surface area contributed by atoms with Crippen molar-refractivity contribution in [2.45, 2.75) is 0 Å². The van der Waals surface area contributed by atoms with E-state index >= 15 is 0 Å². The van der Waals surface area contributed by atoms with Gasteiger partial charge in [0.05, 0.1) is 0 Å². The van der Waals surface area contributed by atoms with Crippen molar-refractivity contribution in [1.29, 1.82) is 0 Å².